The van der Waals surface area contributed by atoms with Crippen LogP contribution >= 0.6 is 0 Å². The third-order valence-corrected chi connectivity index (χ3v) is 3.90. The molecule has 0 saturated carbocycles. The molecule has 1 unspecified atom stereocenters. The van der Waals surface area contributed by atoms with E-state index in [1.165, 1.54) is 0 Å². The second kappa shape index (κ2) is 14.7. The van der Waals surface area contributed by atoms with E-state index in [4.69, 9.17) is 4.74 Å². The summed E-state index contributed by atoms with van der Waals surface area (Å²) in [5.74, 6) is -3.32. The Bertz CT molecular complexity index is 501. The van der Waals surface area contributed by atoms with Crippen molar-refractivity contribution >= 4 is 23.8 Å². The van der Waals surface area contributed by atoms with Crippen LogP contribution in [0.3, 0.4) is 0 Å². The predicted octanol–water partition coefficient (Wildman–Crippen LogP) is 3.24. The van der Waals surface area contributed by atoms with E-state index in [0.717, 1.165) is 17.7 Å². The number of unbranched alkanes of at least 4 members (excludes halogenated alkanes) is 4. The van der Waals surface area contributed by atoms with Crippen molar-refractivity contribution in [1.82, 2.24) is 4.90 Å². The SMILES string of the molecule is C=CCCCCC(=O)N(C(=O)CCCCC=C)C(CC(=O)OCC)C(=O)O. The van der Waals surface area contributed by atoms with Gasteiger partial charge in [0.15, 0.2) is 0 Å². The number of nitrogens with zero attached hydrogens (tertiary/aromatic N) is 1. The van der Waals surface area contributed by atoms with Gasteiger partial charge in [0.2, 0.25) is 11.8 Å². The predicted molar refractivity (Wildman–Crippen MR) is 102 cm³/mol. The van der Waals surface area contributed by atoms with Gasteiger partial charge in [0.1, 0.15) is 6.04 Å². The van der Waals surface area contributed by atoms with Gasteiger partial charge < -0.3 is 9.84 Å². The number of imide groups is 1. The molecular formula is C20H31NO6. The summed E-state index contributed by atoms with van der Waals surface area (Å²) in [4.78, 5) is 49.3. The molecule has 0 aliphatic carbocycles. The molecule has 0 bridgehead atoms. The molecule has 152 valence electrons. The first-order valence-corrected chi connectivity index (χ1v) is 9.34. The van der Waals surface area contributed by atoms with Gasteiger partial charge in [0.25, 0.3) is 0 Å². The van der Waals surface area contributed by atoms with Gasteiger partial charge >= 0.3 is 11.9 Å². The van der Waals surface area contributed by atoms with Crippen molar-refractivity contribution in [1.29, 1.82) is 0 Å². The number of rotatable bonds is 15. The zero-order valence-electron chi connectivity index (χ0n) is 16.2. The van der Waals surface area contributed by atoms with E-state index in [0.29, 0.717) is 25.7 Å². The molecule has 7 heteroatoms. The molecule has 0 rings (SSSR count). The van der Waals surface area contributed by atoms with Gasteiger partial charge in [-0.3, -0.25) is 19.3 Å². The van der Waals surface area contributed by atoms with E-state index in [1.54, 1.807) is 19.1 Å². The molecule has 0 aliphatic heterocycles. The number of aliphatic carboxylic acids is 1. The standard InChI is InChI=1S/C20H31NO6/c1-4-7-9-11-13-17(22)21(18(23)14-12-10-8-5-2)16(20(25)26)15-19(24)27-6-3/h4-5,16H,1-2,6-15H2,3H3,(H,25,26). The van der Waals surface area contributed by atoms with Crippen molar-refractivity contribution in [3.8, 4) is 0 Å². The lowest BCUT2D eigenvalue weighted by atomic mass is 10.1. The van der Waals surface area contributed by atoms with Crippen LogP contribution in [0.5, 0.6) is 0 Å². The van der Waals surface area contributed by atoms with Gasteiger partial charge in [-0.1, -0.05) is 12.2 Å². The minimum absolute atomic E-state index is 0.0405. The molecule has 0 aromatic carbocycles. The number of ether oxygens (including phenoxy) is 1. The van der Waals surface area contributed by atoms with Gasteiger partial charge in [-0.2, -0.15) is 0 Å². The molecule has 2 amide bonds. The average Bonchev–Trinajstić information content (AvgIpc) is 2.62. The Morgan fingerprint density at radius 1 is 0.963 bits per heavy atom. The fraction of sp³-hybridized carbons (Fsp3) is 0.600. The molecule has 7 nitrogen and oxygen atoms in total. The minimum Gasteiger partial charge on any atom is -0.480 e. The van der Waals surface area contributed by atoms with Crippen LogP contribution in [0.1, 0.15) is 64.7 Å². The maximum atomic E-state index is 12.6. The third kappa shape index (κ3) is 10.3. The van der Waals surface area contributed by atoms with Crippen molar-refractivity contribution in [2.45, 2.75) is 70.8 Å². The first-order chi connectivity index (χ1) is 12.9. The van der Waals surface area contributed by atoms with Crippen molar-refractivity contribution in [3.63, 3.8) is 0 Å². The largest absolute Gasteiger partial charge is 0.480 e. The van der Waals surface area contributed by atoms with Crippen LogP contribution in [0.25, 0.3) is 0 Å². The fourth-order valence-electron chi connectivity index (χ4n) is 2.52. The molecular weight excluding hydrogens is 350 g/mol. The van der Waals surface area contributed by atoms with Crippen LogP contribution in [0, 0.1) is 0 Å². The molecule has 0 aromatic heterocycles. The average molecular weight is 381 g/mol. The molecule has 0 heterocycles. The van der Waals surface area contributed by atoms with E-state index >= 15 is 0 Å². The highest BCUT2D eigenvalue weighted by Crippen LogP contribution is 2.15. The summed E-state index contributed by atoms with van der Waals surface area (Å²) in [5, 5.41) is 9.50. The number of amides is 2. The first-order valence-electron chi connectivity index (χ1n) is 9.34. The highest BCUT2D eigenvalue weighted by Gasteiger charge is 2.36. The lowest BCUT2D eigenvalue weighted by Gasteiger charge is -2.27. The molecule has 0 fully saturated rings. The maximum Gasteiger partial charge on any atom is 0.327 e. The lowest BCUT2D eigenvalue weighted by molar-refractivity contribution is -0.161. The fourth-order valence-corrected chi connectivity index (χ4v) is 2.52. The third-order valence-electron chi connectivity index (χ3n) is 3.90. The number of hydrogen-bond acceptors (Lipinski definition) is 5. The van der Waals surface area contributed by atoms with Gasteiger partial charge in [-0.05, 0) is 45.4 Å². The Kier molecular flexibility index (Phi) is 13.4. The number of allylic oxidation sites excluding steroid dienone is 2. The summed E-state index contributed by atoms with van der Waals surface area (Å²) in [7, 11) is 0. The van der Waals surface area contributed by atoms with Crippen LogP contribution in [0.4, 0.5) is 0 Å². The maximum absolute atomic E-state index is 12.6. The normalized spacial score (nSPS) is 11.3. The molecule has 0 aromatic rings. The van der Waals surface area contributed by atoms with Crippen molar-refractivity contribution in [3.05, 3.63) is 25.3 Å². The summed E-state index contributed by atoms with van der Waals surface area (Å²) in [6.45, 7) is 8.90. The summed E-state index contributed by atoms with van der Waals surface area (Å²) in [6.07, 6.45) is 6.90. The number of carbonyl (C=O) groups is 4. The lowest BCUT2D eigenvalue weighted by Crippen LogP contribution is -2.49. The summed E-state index contributed by atoms with van der Waals surface area (Å²) in [6, 6.07) is -1.55. The highest BCUT2D eigenvalue weighted by molar-refractivity contribution is 6.00. The second-order valence-electron chi connectivity index (χ2n) is 6.09. The zero-order chi connectivity index (χ0) is 20.7. The Balaban J connectivity index is 5.23. The Labute approximate surface area is 161 Å². The van der Waals surface area contributed by atoms with Crippen molar-refractivity contribution in [2.75, 3.05) is 6.61 Å². The van der Waals surface area contributed by atoms with Gasteiger partial charge in [-0.15, -0.1) is 13.2 Å². The van der Waals surface area contributed by atoms with Crippen molar-refractivity contribution < 1.29 is 29.0 Å². The van der Waals surface area contributed by atoms with Crippen LogP contribution in [0.15, 0.2) is 25.3 Å². The Morgan fingerprint density at radius 3 is 1.81 bits per heavy atom. The van der Waals surface area contributed by atoms with Crippen LogP contribution in [-0.4, -0.2) is 46.4 Å². The molecule has 27 heavy (non-hydrogen) atoms. The highest BCUT2D eigenvalue weighted by atomic mass is 16.5. The second-order valence-corrected chi connectivity index (χ2v) is 6.09. The molecule has 0 spiro atoms. The van der Waals surface area contributed by atoms with Gasteiger partial charge in [0.05, 0.1) is 13.0 Å². The molecule has 0 saturated heterocycles. The Hall–Kier alpha value is -2.44. The van der Waals surface area contributed by atoms with Crippen LogP contribution < -0.4 is 0 Å². The van der Waals surface area contributed by atoms with E-state index in [9.17, 15) is 24.3 Å². The zero-order valence-corrected chi connectivity index (χ0v) is 16.2. The van der Waals surface area contributed by atoms with E-state index < -0.39 is 36.2 Å². The summed E-state index contributed by atoms with van der Waals surface area (Å²) >= 11 is 0. The minimum atomic E-state index is -1.55. The van der Waals surface area contributed by atoms with Gasteiger partial charge in [-0.25, -0.2) is 4.79 Å². The number of carbonyl (C=O) groups excluding carboxylic acids is 3. The molecule has 0 aliphatic rings. The summed E-state index contributed by atoms with van der Waals surface area (Å²) in [5.41, 5.74) is 0. The quantitative estimate of drug-likeness (QED) is 0.265. The van der Waals surface area contributed by atoms with E-state index in [2.05, 4.69) is 13.2 Å². The van der Waals surface area contributed by atoms with E-state index in [-0.39, 0.29) is 19.4 Å². The van der Waals surface area contributed by atoms with Crippen molar-refractivity contribution in [2.24, 2.45) is 0 Å². The van der Waals surface area contributed by atoms with Crippen LogP contribution in [-0.2, 0) is 23.9 Å². The number of carboxylic acid groups (broad SMARTS) is 1. The molecule has 1 N–H and O–H groups in total. The van der Waals surface area contributed by atoms with E-state index in [1.807, 2.05) is 0 Å². The van der Waals surface area contributed by atoms with Gasteiger partial charge in [0, 0.05) is 12.8 Å². The number of esters is 1. The smallest absolute Gasteiger partial charge is 0.327 e. The summed E-state index contributed by atoms with van der Waals surface area (Å²) < 4.78 is 4.78. The topological polar surface area (TPSA) is 101 Å². The first kappa shape index (κ1) is 24.6. The molecule has 0 radical (unpaired) electrons. The number of hydrogen-bond donors (Lipinski definition) is 1. The molecule has 1 atom stereocenters. The monoisotopic (exact) mass is 381 g/mol. The number of carboxylic acids is 1. The van der Waals surface area contributed by atoms with Crippen LogP contribution in [0.2, 0.25) is 0 Å². The Morgan fingerprint density at radius 2 is 1.44 bits per heavy atom.